The van der Waals surface area contributed by atoms with Gasteiger partial charge in [0.15, 0.2) is 0 Å². The number of nitrogens with two attached hydrogens (primary N) is 1. The van der Waals surface area contributed by atoms with Gasteiger partial charge in [-0.3, -0.25) is 0 Å². The van der Waals surface area contributed by atoms with Crippen molar-refractivity contribution < 1.29 is 0 Å². The van der Waals surface area contributed by atoms with Crippen LogP contribution >= 0.6 is 0 Å². The van der Waals surface area contributed by atoms with Gasteiger partial charge in [-0.1, -0.05) is 26.7 Å². The number of nitrogens with one attached hydrogen (secondary N) is 1. The van der Waals surface area contributed by atoms with Gasteiger partial charge in [0, 0.05) is 18.1 Å². The highest BCUT2D eigenvalue weighted by atomic mass is 15.0. The van der Waals surface area contributed by atoms with Crippen molar-refractivity contribution >= 4 is 0 Å². The Hall–Kier alpha value is -0.0800. The van der Waals surface area contributed by atoms with Crippen molar-refractivity contribution in [3.05, 3.63) is 0 Å². The van der Waals surface area contributed by atoms with E-state index in [0.29, 0.717) is 17.5 Å². The van der Waals surface area contributed by atoms with E-state index in [2.05, 4.69) is 26.1 Å². The van der Waals surface area contributed by atoms with Crippen LogP contribution in [0.25, 0.3) is 0 Å². The Morgan fingerprint density at radius 3 is 2.36 bits per heavy atom. The first kappa shape index (κ1) is 12.0. The van der Waals surface area contributed by atoms with E-state index in [-0.39, 0.29) is 0 Å². The second kappa shape index (κ2) is 5.13. The molecule has 1 atom stereocenters. The lowest BCUT2D eigenvalue weighted by molar-refractivity contribution is 0.339. The summed E-state index contributed by atoms with van der Waals surface area (Å²) in [7, 11) is 0. The first-order valence-corrected chi connectivity index (χ1v) is 6.02. The first-order valence-electron chi connectivity index (χ1n) is 6.02. The third-order valence-electron chi connectivity index (χ3n) is 3.27. The molecule has 84 valence electrons. The average Bonchev–Trinajstić information content (AvgIpc) is 2.49. The topological polar surface area (TPSA) is 38.0 Å². The van der Waals surface area contributed by atoms with E-state index in [1.807, 2.05) is 0 Å². The highest BCUT2D eigenvalue weighted by molar-refractivity contribution is 4.89. The summed E-state index contributed by atoms with van der Waals surface area (Å²) in [6.45, 7) is 7.78. The number of hydrogen-bond acceptors (Lipinski definition) is 2. The van der Waals surface area contributed by atoms with Crippen molar-refractivity contribution in [2.75, 3.05) is 6.54 Å². The summed E-state index contributed by atoms with van der Waals surface area (Å²) in [5, 5.41) is 3.64. The quantitative estimate of drug-likeness (QED) is 0.711. The largest absolute Gasteiger partial charge is 0.327 e. The van der Waals surface area contributed by atoms with E-state index in [1.54, 1.807) is 0 Å². The maximum Gasteiger partial charge on any atom is 0.0167 e. The summed E-state index contributed by atoms with van der Waals surface area (Å²) < 4.78 is 0. The zero-order valence-electron chi connectivity index (χ0n) is 9.97. The van der Waals surface area contributed by atoms with Crippen LogP contribution < -0.4 is 11.1 Å². The van der Waals surface area contributed by atoms with Gasteiger partial charge < -0.3 is 11.1 Å². The normalized spacial score (nSPS) is 22.9. The third kappa shape index (κ3) is 3.97. The van der Waals surface area contributed by atoms with Crippen molar-refractivity contribution in [1.29, 1.82) is 0 Å². The fraction of sp³-hybridized carbons (Fsp3) is 1.00. The van der Waals surface area contributed by atoms with Crippen LogP contribution in [0.1, 0.15) is 52.9 Å². The summed E-state index contributed by atoms with van der Waals surface area (Å²) in [5.41, 5.74) is 6.43. The molecule has 1 aliphatic carbocycles. The van der Waals surface area contributed by atoms with Crippen LogP contribution in [-0.4, -0.2) is 18.1 Å². The second-order valence-electron chi connectivity index (χ2n) is 5.54. The Labute approximate surface area is 88.6 Å². The minimum Gasteiger partial charge on any atom is -0.327 e. The molecule has 0 heterocycles. The molecule has 1 aliphatic rings. The Kier molecular flexibility index (Phi) is 4.39. The van der Waals surface area contributed by atoms with Crippen molar-refractivity contribution in [3.63, 3.8) is 0 Å². The van der Waals surface area contributed by atoms with Crippen molar-refractivity contribution in [1.82, 2.24) is 5.32 Å². The van der Waals surface area contributed by atoms with Gasteiger partial charge in [0.05, 0.1) is 0 Å². The molecule has 2 nitrogen and oxygen atoms in total. The molecule has 0 aliphatic heterocycles. The predicted molar refractivity (Wildman–Crippen MR) is 62.3 cm³/mol. The monoisotopic (exact) mass is 198 g/mol. The van der Waals surface area contributed by atoms with Crippen LogP contribution in [0.15, 0.2) is 0 Å². The third-order valence-corrected chi connectivity index (χ3v) is 3.27. The number of hydrogen-bond donors (Lipinski definition) is 2. The average molecular weight is 198 g/mol. The van der Waals surface area contributed by atoms with Crippen molar-refractivity contribution in [2.24, 2.45) is 11.7 Å². The molecule has 0 saturated heterocycles. The first-order chi connectivity index (χ1) is 6.52. The van der Waals surface area contributed by atoms with Crippen LogP contribution in [0.3, 0.4) is 0 Å². The smallest absolute Gasteiger partial charge is 0.0167 e. The molecule has 0 radical (unpaired) electrons. The van der Waals surface area contributed by atoms with Gasteiger partial charge in [-0.25, -0.2) is 0 Å². The summed E-state index contributed by atoms with van der Waals surface area (Å²) in [4.78, 5) is 0. The molecule has 0 amide bonds. The van der Waals surface area contributed by atoms with Crippen LogP contribution in [0.2, 0.25) is 0 Å². The Morgan fingerprint density at radius 2 is 1.86 bits per heavy atom. The minimum atomic E-state index is 0.326. The van der Waals surface area contributed by atoms with Gasteiger partial charge >= 0.3 is 0 Å². The molecule has 2 heteroatoms. The van der Waals surface area contributed by atoms with Crippen molar-refractivity contribution in [2.45, 2.75) is 64.5 Å². The molecule has 0 aromatic carbocycles. The summed E-state index contributed by atoms with van der Waals surface area (Å²) in [6.07, 6.45) is 6.53. The van der Waals surface area contributed by atoms with E-state index >= 15 is 0 Å². The lowest BCUT2D eigenvalue weighted by atomic mass is 9.99. The molecule has 0 aromatic heterocycles. The molecular formula is C12H26N2. The lowest BCUT2D eigenvalue weighted by Gasteiger charge is -2.27. The van der Waals surface area contributed by atoms with Crippen LogP contribution in [0, 0.1) is 5.92 Å². The molecule has 1 fully saturated rings. The van der Waals surface area contributed by atoms with Gasteiger partial charge in [-0.15, -0.1) is 0 Å². The van der Waals surface area contributed by atoms with Gasteiger partial charge in [0.25, 0.3) is 0 Å². The van der Waals surface area contributed by atoms with Crippen LogP contribution in [-0.2, 0) is 0 Å². The number of rotatable bonds is 5. The Morgan fingerprint density at radius 1 is 1.29 bits per heavy atom. The summed E-state index contributed by atoms with van der Waals surface area (Å²) in [6, 6.07) is 0.326. The molecule has 14 heavy (non-hydrogen) atoms. The van der Waals surface area contributed by atoms with Crippen LogP contribution in [0.5, 0.6) is 0 Å². The van der Waals surface area contributed by atoms with E-state index in [9.17, 15) is 0 Å². The molecule has 1 unspecified atom stereocenters. The minimum absolute atomic E-state index is 0.326. The molecule has 3 N–H and O–H groups in total. The van der Waals surface area contributed by atoms with Crippen molar-refractivity contribution in [3.8, 4) is 0 Å². The molecular weight excluding hydrogens is 172 g/mol. The summed E-state index contributed by atoms with van der Waals surface area (Å²) >= 11 is 0. The Balaban J connectivity index is 2.18. The molecule has 0 bridgehead atoms. The maximum atomic E-state index is 6.05. The fourth-order valence-corrected chi connectivity index (χ4v) is 2.40. The molecule has 1 saturated carbocycles. The Bertz CT molecular complexity index is 160. The van der Waals surface area contributed by atoms with Gasteiger partial charge in [0.2, 0.25) is 0 Å². The maximum absolute atomic E-state index is 6.05. The van der Waals surface area contributed by atoms with E-state index in [1.165, 1.54) is 25.7 Å². The van der Waals surface area contributed by atoms with E-state index in [4.69, 9.17) is 5.73 Å². The van der Waals surface area contributed by atoms with Gasteiger partial charge in [-0.2, -0.15) is 0 Å². The zero-order chi connectivity index (χ0) is 10.6. The van der Waals surface area contributed by atoms with Crippen LogP contribution in [0.4, 0.5) is 0 Å². The van der Waals surface area contributed by atoms with E-state index < -0.39 is 0 Å². The van der Waals surface area contributed by atoms with Gasteiger partial charge in [-0.05, 0) is 32.1 Å². The molecule has 1 rings (SSSR count). The molecule has 0 spiro atoms. The van der Waals surface area contributed by atoms with Gasteiger partial charge in [0.1, 0.15) is 0 Å². The highest BCUT2D eigenvalue weighted by Crippen LogP contribution is 2.28. The molecule has 0 aromatic rings. The SMILES string of the molecule is CC(C)CC(N)CNC1(C)CCCC1. The predicted octanol–water partition coefficient (Wildman–Crippen LogP) is 2.28. The lowest BCUT2D eigenvalue weighted by Crippen LogP contribution is -2.46. The fourth-order valence-electron chi connectivity index (χ4n) is 2.40. The second-order valence-corrected chi connectivity index (χ2v) is 5.54. The zero-order valence-corrected chi connectivity index (χ0v) is 9.97. The summed E-state index contributed by atoms with van der Waals surface area (Å²) in [5.74, 6) is 0.711. The van der Waals surface area contributed by atoms with E-state index in [0.717, 1.165) is 13.0 Å². The highest BCUT2D eigenvalue weighted by Gasteiger charge is 2.28. The standard InChI is InChI=1S/C12H26N2/c1-10(2)8-11(13)9-14-12(3)6-4-5-7-12/h10-11,14H,4-9,13H2,1-3H3.